The summed E-state index contributed by atoms with van der Waals surface area (Å²) in [5.41, 5.74) is 0. The van der Waals surface area contributed by atoms with Crippen LogP contribution in [0, 0.1) is 0 Å². The van der Waals surface area contributed by atoms with E-state index in [1.165, 1.54) is 30.5 Å². The molecule has 0 unspecified atom stereocenters. The molecule has 2 aromatic rings. The minimum absolute atomic E-state index is 0.0367. The van der Waals surface area contributed by atoms with E-state index in [1.54, 1.807) is 0 Å². The maximum absolute atomic E-state index is 11.8. The first kappa shape index (κ1) is 13.8. The largest absolute Gasteiger partial charge is 0.438 e. The van der Waals surface area contributed by atoms with Gasteiger partial charge in [0.25, 0.3) is 15.9 Å². The summed E-state index contributed by atoms with van der Waals surface area (Å²) < 4.78 is 30.0. The van der Waals surface area contributed by atoms with Crippen molar-refractivity contribution in [2.45, 2.75) is 11.6 Å². The van der Waals surface area contributed by atoms with Gasteiger partial charge < -0.3 is 9.73 Å². The molecule has 0 spiro atoms. The average Bonchev–Trinajstić information content (AvgIpc) is 3.07. The van der Waals surface area contributed by atoms with Gasteiger partial charge in [-0.05, 0) is 30.6 Å². The fourth-order valence-electron chi connectivity index (χ4n) is 1.35. The maximum Gasteiger partial charge on any atom is 0.287 e. The molecule has 6 nitrogen and oxygen atoms in total. The molecule has 0 saturated carbocycles. The SMILES string of the molecule is CNS(=O)(=O)c1ccc(C(=O)NCc2cccs2)o1. The molecular formula is C11H12N2O4S2. The standard InChI is InChI=1S/C11H12N2O4S2/c1-12-19(15,16)10-5-4-9(17-10)11(14)13-7-8-3-2-6-18-8/h2-6,12H,7H2,1H3,(H,13,14). The van der Waals surface area contributed by atoms with Crippen LogP contribution in [0.1, 0.15) is 15.4 Å². The summed E-state index contributed by atoms with van der Waals surface area (Å²) in [6, 6.07) is 6.35. The molecule has 19 heavy (non-hydrogen) atoms. The predicted molar refractivity (Wildman–Crippen MR) is 70.4 cm³/mol. The Bertz CT molecular complexity index is 659. The fourth-order valence-corrected chi connectivity index (χ4v) is 2.65. The van der Waals surface area contributed by atoms with Crippen molar-refractivity contribution in [3.8, 4) is 0 Å². The second-order valence-electron chi connectivity index (χ2n) is 3.59. The van der Waals surface area contributed by atoms with Gasteiger partial charge in [0.15, 0.2) is 5.76 Å². The van der Waals surface area contributed by atoms with Crippen LogP contribution in [0.15, 0.2) is 39.2 Å². The Hall–Kier alpha value is -1.64. The minimum Gasteiger partial charge on any atom is -0.438 e. The summed E-state index contributed by atoms with van der Waals surface area (Å²) >= 11 is 1.52. The van der Waals surface area contributed by atoms with Gasteiger partial charge in [0.05, 0.1) is 6.54 Å². The van der Waals surface area contributed by atoms with Crippen molar-refractivity contribution in [1.82, 2.24) is 10.0 Å². The highest BCUT2D eigenvalue weighted by molar-refractivity contribution is 7.89. The van der Waals surface area contributed by atoms with Crippen molar-refractivity contribution < 1.29 is 17.6 Å². The zero-order chi connectivity index (χ0) is 13.9. The third kappa shape index (κ3) is 3.22. The van der Waals surface area contributed by atoms with Crippen molar-refractivity contribution >= 4 is 27.3 Å². The van der Waals surface area contributed by atoms with Crippen molar-refractivity contribution in [2.75, 3.05) is 7.05 Å². The molecule has 0 aromatic carbocycles. The predicted octanol–water partition coefficient (Wildman–Crippen LogP) is 1.18. The van der Waals surface area contributed by atoms with Crippen LogP contribution in [0.5, 0.6) is 0 Å². The molecule has 0 saturated heterocycles. The smallest absolute Gasteiger partial charge is 0.287 e. The van der Waals surface area contributed by atoms with E-state index in [2.05, 4.69) is 10.0 Å². The number of hydrogen-bond acceptors (Lipinski definition) is 5. The molecule has 8 heteroatoms. The molecule has 2 heterocycles. The Kier molecular flexibility index (Phi) is 4.03. The molecule has 0 fully saturated rings. The number of carbonyl (C=O) groups is 1. The monoisotopic (exact) mass is 300 g/mol. The minimum atomic E-state index is -3.66. The fraction of sp³-hybridized carbons (Fsp3) is 0.182. The first-order chi connectivity index (χ1) is 9.03. The Balaban J connectivity index is 2.04. The van der Waals surface area contributed by atoms with E-state index in [9.17, 15) is 13.2 Å². The quantitative estimate of drug-likeness (QED) is 0.868. The van der Waals surface area contributed by atoms with Crippen LogP contribution in [0.25, 0.3) is 0 Å². The average molecular weight is 300 g/mol. The van der Waals surface area contributed by atoms with Crippen LogP contribution < -0.4 is 10.0 Å². The number of amides is 1. The highest BCUT2D eigenvalue weighted by atomic mass is 32.2. The zero-order valence-corrected chi connectivity index (χ0v) is 11.7. The highest BCUT2D eigenvalue weighted by Gasteiger charge is 2.19. The van der Waals surface area contributed by atoms with Gasteiger partial charge in [-0.1, -0.05) is 6.07 Å². The molecule has 2 N–H and O–H groups in total. The molecule has 0 aliphatic carbocycles. The summed E-state index contributed by atoms with van der Waals surface area (Å²) in [7, 11) is -2.39. The van der Waals surface area contributed by atoms with Gasteiger partial charge in [-0.15, -0.1) is 11.3 Å². The van der Waals surface area contributed by atoms with E-state index in [4.69, 9.17) is 4.42 Å². The molecule has 0 atom stereocenters. The molecule has 1 amide bonds. The molecule has 0 aliphatic rings. The third-order valence-electron chi connectivity index (χ3n) is 2.34. The molecular weight excluding hydrogens is 288 g/mol. The van der Waals surface area contributed by atoms with Gasteiger partial charge in [-0.25, -0.2) is 13.1 Å². The Labute approximate surface area is 114 Å². The number of nitrogens with one attached hydrogen (secondary N) is 2. The van der Waals surface area contributed by atoms with Crippen LogP contribution in [-0.4, -0.2) is 21.4 Å². The van der Waals surface area contributed by atoms with Crippen LogP contribution in [0.2, 0.25) is 0 Å². The van der Waals surface area contributed by atoms with Crippen molar-refractivity contribution in [1.29, 1.82) is 0 Å². The lowest BCUT2D eigenvalue weighted by Crippen LogP contribution is -2.22. The molecule has 2 rings (SSSR count). The van der Waals surface area contributed by atoms with Crippen LogP contribution in [0.4, 0.5) is 0 Å². The summed E-state index contributed by atoms with van der Waals surface area (Å²) in [6.07, 6.45) is 0. The van der Waals surface area contributed by atoms with E-state index in [1.807, 2.05) is 17.5 Å². The first-order valence-electron chi connectivity index (χ1n) is 5.37. The molecule has 0 aliphatic heterocycles. The highest BCUT2D eigenvalue weighted by Crippen LogP contribution is 2.14. The normalized spacial score (nSPS) is 11.4. The van der Waals surface area contributed by atoms with E-state index in [0.29, 0.717) is 6.54 Å². The molecule has 0 bridgehead atoms. The van der Waals surface area contributed by atoms with E-state index >= 15 is 0 Å². The molecule has 102 valence electrons. The van der Waals surface area contributed by atoms with Crippen molar-refractivity contribution in [2.24, 2.45) is 0 Å². The Morgan fingerprint density at radius 1 is 1.37 bits per heavy atom. The maximum atomic E-state index is 11.8. The van der Waals surface area contributed by atoms with Gasteiger partial charge in [0, 0.05) is 4.88 Å². The number of rotatable bonds is 5. The van der Waals surface area contributed by atoms with E-state index < -0.39 is 15.9 Å². The number of hydrogen-bond donors (Lipinski definition) is 2. The van der Waals surface area contributed by atoms with Crippen LogP contribution in [-0.2, 0) is 16.6 Å². The number of carbonyl (C=O) groups excluding carboxylic acids is 1. The first-order valence-corrected chi connectivity index (χ1v) is 7.73. The third-order valence-corrected chi connectivity index (χ3v) is 4.50. The topological polar surface area (TPSA) is 88.4 Å². The Morgan fingerprint density at radius 2 is 2.16 bits per heavy atom. The molecule has 2 aromatic heterocycles. The summed E-state index contributed by atoms with van der Waals surface area (Å²) in [5, 5.41) is 4.27. The number of thiophene rings is 1. The lowest BCUT2D eigenvalue weighted by molar-refractivity contribution is 0.0918. The van der Waals surface area contributed by atoms with Gasteiger partial charge in [-0.3, -0.25) is 4.79 Å². The van der Waals surface area contributed by atoms with Crippen LogP contribution in [0.3, 0.4) is 0 Å². The summed E-state index contributed by atoms with van der Waals surface area (Å²) in [4.78, 5) is 12.8. The number of furan rings is 1. The van der Waals surface area contributed by atoms with Crippen LogP contribution >= 0.6 is 11.3 Å². The molecule has 0 radical (unpaired) electrons. The van der Waals surface area contributed by atoms with Gasteiger partial charge in [0.2, 0.25) is 5.09 Å². The summed E-state index contributed by atoms with van der Waals surface area (Å²) in [5.74, 6) is -0.490. The van der Waals surface area contributed by atoms with E-state index in [0.717, 1.165) is 4.88 Å². The second kappa shape index (κ2) is 5.55. The lowest BCUT2D eigenvalue weighted by Gasteiger charge is -2.01. The van der Waals surface area contributed by atoms with Gasteiger partial charge in [-0.2, -0.15) is 0 Å². The number of sulfonamides is 1. The Morgan fingerprint density at radius 3 is 2.79 bits per heavy atom. The second-order valence-corrected chi connectivity index (χ2v) is 6.44. The van der Waals surface area contributed by atoms with Gasteiger partial charge in [0.1, 0.15) is 0 Å². The van der Waals surface area contributed by atoms with Gasteiger partial charge >= 0.3 is 0 Å². The van der Waals surface area contributed by atoms with Crippen molar-refractivity contribution in [3.05, 3.63) is 40.3 Å². The zero-order valence-electron chi connectivity index (χ0n) is 10.0. The van der Waals surface area contributed by atoms with Crippen molar-refractivity contribution in [3.63, 3.8) is 0 Å². The lowest BCUT2D eigenvalue weighted by atomic mass is 10.4. The van der Waals surface area contributed by atoms with E-state index in [-0.39, 0.29) is 10.9 Å². The summed E-state index contributed by atoms with van der Waals surface area (Å²) in [6.45, 7) is 0.380.